The van der Waals surface area contributed by atoms with Crippen LogP contribution in [0.3, 0.4) is 0 Å². The molecule has 2 aromatic carbocycles. The van der Waals surface area contributed by atoms with Gasteiger partial charge in [-0.15, -0.1) is 0 Å². The van der Waals surface area contributed by atoms with Crippen LogP contribution in [-0.4, -0.2) is 33.4 Å². The summed E-state index contributed by atoms with van der Waals surface area (Å²) in [5, 5.41) is 0.456. The van der Waals surface area contributed by atoms with Gasteiger partial charge in [-0.2, -0.15) is 0 Å². The van der Waals surface area contributed by atoms with Crippen molar-refractivity contribution in [1.82, 2.24) is 0 Å². The molecule has 3 rings (SSSR count). The third-order valence-electron chi connectivity index (χ3n) is 5.04. The van der Waals surface area contributed by atoms with Crippen molar-refractivity contribution in [1.29, 1.82) is 0 Å². The largest absolute Gasteiger partial charge is 0.381 e. The zero-order chi connectivity index (χ0) is 18.9. The highest BCUT2D eigenvalue weighted by molar-refractivity contribution is 7.92. The lowest BCUT2D eigenvalue weighted by Crippen LogP contribution is -2.29. The molecule has 1 aliphatic rings. The predicted molar refractivity (Wildman–Crippen MR) is 105 cm³/mol. The van der Waals surface area contributed by atoms with E-state index in [2.05, 4.69) is 0 Å². The molecule has 0 saturated heterocycles. The fraction of sp³-hybridized carbons (Fsp3) is 0.368. The Labute approximate surface area is 164 Å². The first kappa shape index (κ1) is 19.6. The fourth-order valence-electron chi connectivity index (χ4n) is 3.66. The molecule has 0 bridgehead atoms. The monoisotopic (exact) mass is 413 g/mol. The van der Waals surface area contributed by atoms with E-state index < -0.39 is 20.5 Å². The molecule has 0 spiro atoms. The summed E-state index contributed by atoms with van der Waals surface area (Å²) < 4.78 is 32.2. The molecule has 2 aromatic rings. The minimum Gasteiger partial charge on any atom is -0.381 e. The Morgan fingerprint density at radius 3 is 2.08 bits per heavy atom. The Morgan fingerprint density at radius 2 is 1.58 bits per heavy atom. The molecule has 4 nitrogen and oxygen atoms in total. The molecular weight excluding hydrogens is 393 g/mol. The van der Waals surface area contributed by atoms with Crippen molar-refractivity contribution in [3.05, 3.63) is 64.1 Å². The molecule has 1 aliphatic carbocycles. The van der Waals surface area contributed by atoms with Crippen molar-refractivity contribution >= 4 is 33.0 Å². The minimum absolute atomic E-state index is 0.220. The van der Waals surface area contributed by atoms with Crippen molar-refractivity contribution in [2.45, 2.75) is 23.0 Å². The lowest BCUT2D eigenvalue weighted by atomic mass is 10.00. The van der Waals surface area contributed by atoms with Crippen molar-refractivity contribution in [2.75, 3.05) is 19.8 Å². The Balaban J connectivity index is 2.03. The Morgan fingerprint density at radius 1 is 1.04 bits per heavy atom. The van der Waals surface area contributed by atoms with Gasteiger partial charge in [-0.25, -0.2) is 8.42 Å². The second kappa shape index (κ2) is 7.49. The molecule has 7 heteroatoms. The van der Waals surface area contributed by atoms with Gasteiger partial charge in [0.2, 0.25) is 0 Å². The van der Waals surface area contributed by atoms with Gasteiger partial charge in [0, 0.05) is 34.5 Å². The SMILES string of the molecule is CCOC[C@@]1(CN)[C@@H](c2ccc(Cl)cc2)[C@@H]1S(=O)(=O)c1ccc(Cl)cc1. The first-order chi connectivity index (χ1) is 12.4. The average Bonchev–Trinajstić information content (AvgIpc) is 3.31. The van der Waals surface area contributed by atoms with Crippen LogP contribution in [0.2, 0.25) is 10.0 Å². The van der Waals surface area contributed by atoms with Gasteiger partial charge in [-0.3, -0.25) is 0 Å². The second-order valence-corrected chi connectivity index (χ2v) is 9.47. The van der Waals surface area contributed by atoms with Crippen LogP contribution in [-0.2, 0) is 14.6 Å². The minimum atomic E-state index is -3.59. The molecule has 0 unspecified atom stereocenters. The fourth-order valence-corrected chi connectivity index (χ4v) is 6.35. The van der Waals surface area contributed by atoms with Gasteiger partial charge in [-0.1, -0.05) is 35.3 Å². The van der Waals surface area contributed by atoms with Crippen LogP contribution in [0.1, 0.15) is 18.4 Å². The van der Waals surface area contributed by atoms with Crippen LogP contribution < -0.4 is 5.73 Å². The number of halogens is 2. The molecule has 0 aromatic heterocycles. The quantitative estimate of drug-likeness (QED) is 0.746. The Bertz CT molecular complexity index is 869. The van der Waals surface area contributed by atoms with E-state index in [-0.39, 0.29) is 17.4 Å². The van der Waals surface area contributed by atoms with Gasteiger partial charge in [0.05, 0.1) is 16.8 Å². The van der Waals surface area contributed by atoms with Gasteiger partial charge >= 0.3 is 0 Å². The van der Waals surface area contributed by atoms with Crippen LogP contribution >= 0.6 is 23.2 Å². The molecule has 2 N–H and O–H groups in total. The molecule has 0 aliphatic heterocycles. The standard InChI is InChI=1S/C19H21Cl2NO3S/c1-2-25-12-19(11-22)17(13-3-5-14(20)6-4-13)18(19)26(23,24)16-9-7-15(21)8-10-16/h3-10,17-18H,2,11-12,22H2,1H3/t17-,18-,19-/m0/s1. The predicted octanol–water partition coefficient (Wildman–Crippen LogP) is 3.91. The van der Waals surface area contributed by atoms with Crippen LogP contribution in [0.5, 0.6) is 0 Å². The van der Waals surface area contributed by atoms with Gasteiger partial charge in [0.15, 0.2) is 9.84 Å². The number of sulfone groups is 1. The number of benzene rings is 2. The highest BCUT2D eigenvalue weighted by Gasteiger charge is 2.70. The molecule has 0 heterocycles. The highest BCUT2D eigenvalue weighted by atomic mass is 35.5. The zero-order valence-corrected chi connectivity index (χ0v) is 16.7. The molecule has 0 radical (unpaired) electrons. The van der Waals surface area contributed by atoms with Gasteiger partial charge < -0.3 is 10.5 Å². The summed E-state index contributed by atoms with van der Waals surface area (Å²) >= 11 is 11.9. The maximum atomic E-state index is 13.3. The first-order valence-corrected chi connectivity index (χ1v) is 10.7. The maximum absolute atomic E-state index is 13.3. The maximum Gasteiger partial charge on any atom is 0.182 e. The van der Waals surface area contributed by atoms with E-state index >= 15 is 0 Å². The number of ether oxygens (including phenoxy) is 1. The summed E-state index contributed by atoms with van der Waals surface area (Å²) in [6.07, 6.45) is 0. The summed E-state index contributed by atoms with van der Waals surface area (Å²) in [6, 6.07) is 13.5. The van der Waals surface area contributed by atoms with E-state index in [4.69, 9.17) is 33.7 Å². The van der Waals surface area contributed by atoms with Crippen LogP contribution in [0.25, 0.3) is 0 Å². The van der Waals surface area contributed by atoms with E-state index in [0.29, 0.717) is 23.3 Å². The molecule has 0 amide bonds. The number of hydrogen-bond acceptors (Lipinski definition) is 4. The summed E-state index contributed by atoms with van der Waals surface area (Å²) in [6.45, 7) is 2.90. The van der Waals surface area contributed by atoms with Crippen LogP contribution in [0.15, 0.2) is 53.4 Å². The van der Waals surface area contributed by atoms with Crippen LogP contribution in [0.4, 0.5) is 0 Å². The lowest BCUT2D eigenvalue weighted by molar-refractivity contribution is 0.101. The van der Waals surface area contributed by atoms with Crippen molar-refractivity contribution in [3.8, 4) is 0 Å². The third-order valence-corrected chi connectivity index (χ3v) is 7.88. The van der Waals surface area contributed by atoms with E-state index in [9.17, 15) is 8.42 Å². The van der Waals surface area contributed by atoms with Crippen molar-refractivity contribution in [3.63, 3.8) is 0 Å². The summed E-state index contributed by atoms with van der Waals surface area (Å²) in [7, 11) is -3.59. The summed E-state index contributed by atoms with van der Waals surface area (Å²) in [4.78, 5) is 0.248. The van der Waals surface area contributed by atoms with Crippen molar-refractivity contribution in [2.24, 2.45) is 11.1 Å². The zero-order valence-electron chi connectivity index (χ0n) is 14.4. The number of nitrogens with two attached hydrogens (primary N) is 1. The number of rotatable bonds is 7. The van der Waals surface area contributed by atoms with Gasteiger partial charge in [0.1, 0.15) is 0 Å². The van der Waals surface area contributed by atoms with E-state index in [1.54, 1.807) is 24.3 Å². The van der Waals surface area contributed by atoms with Crippen molar-refractivity contribution < 1.29 is 13.2 Å². The summed E-state index contributed by atoms with van der Waals surface area (Å²) in [5.41, 5.74) is 6.32. The molecule has 26 heavy (non-hydrogen) atoms. The third kappa shape index (κ3) is 3.39. The average molecular weight is 414 g/mol. The topological polar surface area (TPSA) is 69.4 Å². The normalized spacial score (nSPS) is 25.2. The van der Waals surface area contributed by atoms with Gasteiger partial charge in [0.25, 0.3) is 0 Å². The molecule has 1 fully saturated rings. The van der Waals surface area contributed by atoms with E-state index in [1.807, 2.05) is 19.1 Å². The highest BCUT2D eigenvalue weighted by Crippen LogP contribution is 2.63. The van der Waals surface area contributed by atoms with Crippen LogP contribution in [0, 0.1) is 5.41 Å². The van der Waals surface area contributed by atoms with E-state index in [1.165, 1.54) is 12.1 Å². The Kier molecular flexibility index (Phi) is 5.66. The molecule has 140 valence electrons. The molecule has 1 saturated carbocycles. The van der Waals surface area contributed by atoms with Gasteiger partial charge in [-0.05, 0) is 48.9 Å². The smallest absolute Gasteiger partial charge is 0.182 e. The second-order valence-electron chi connectivity index (χ2n) is 6.52. The molecule has 3 atom stereocenters. The Hall–Kier alpha value is -1.11. The lowest BCUT2D eigenvalue weighted by Gasteiger charge is -2.16. The first-order valence-electron chi connectivity index (χ1n) is 8.39. The van der Waals surface area contributed by atoms with E-state index in [0.717, 1.165) is 5.56 Å². The summed E-state index contributed by atoms with van der Waals surface area (Å²) in [5.74, 6) is -0.239. The number of hydrogen-bond donors (Lipinski definition) is 1. The molecular formula is C19H21Cl2NO3S.